The van der Waals surface area contributed by atoms with Crippen molar-refractivity contribution in [3.05, 3.63) is 0 Å². The number of nitrogens with zero attached hydrogens (tertiary/aromatic N) is 1. The molecule has 98 valence electrons. The minimum atomic E-state index is -0.579. The fourth-order valence-corrected chi connectivity index (χ4v) is 3.69. The first-order valence-corrected chi connectivity index (χ1v) is 7.10. The topological polar surface area (TPSA) is 40.5 Å². The largest absolute Gasteiger partial charge is 0.480 e. The van der Waals surface area contributed by atoms with Crippen LogP contribution in [0.5, 0.6) is 0 Å². The van der Waals surface area contributed by atoms with Gasteiger partial charge in [-0.15, -0.1) is 0 Å². The van der Waals surface area contributed by atoms with Crippen molar-refractivity contribution in [3.63, 3.8) is 0 Å². The molecule has 1 heterocycles. The Labute approximate surface area is 104 Å². The van der Waals surface area contributed by atoms with Crippen LogP contribution in [0.1, 0.15) is 58.8 Å². The standard InChI is InChI=1S/C14H25NO2/c1-3-12-5-4-10-15(12)14(13(16)17)8-6-11(2)7-9-14/h11-12H,3-10H2,1-2H3,(H,16,17). The fraction of sp³-hybridized carbons (Fsp3) is 0.929. The maximum Gasteiger partial charge on any atom is 0.324 e. The summed E-state index contributed by atoms with van der Waals surface area (Å²) >= 11 is 0. The van der Waals surface area contributed by atoms with Crippen molar-refractivity contribution in [2.75, 3.05) is 6.54 Å². The van der Waals surface area contributed by atoms with Crippen molar-refractivity contribution in [1.29, 1.82) is 0 Å². The predicted molar refractivity (Wildman–Crippen MR) is 68.0 cm³/mol. The number of rotatable bonds is 3. The van der Waals surface area contributed by atoms with E-state index in [1.807, 2.05) is 0 Å². The van der Waals surface area contributed by atoms with Crippen LogP contribution >= 0.6 is 0 Å². The van der Waals surface area contributed by atoms with Gasteiger partial charge in [0.2, 0.25) is 0 Å². The number of aliphatic carboxylic acids is 1. The zero-order valence-corrected chi connectivity index (χ0v) is 11.1. The van der Waals surface area contributed by atoms with Gasteiger partial charge in [0.25, 0.3) is 0 Å². The molecule has 1 aliphatic heterocycles. The highest BCUT2D eigenvalue weighted by molar-refractivity contribution is 5.79. The Morgan fingerprint density at radius 3 is 2.53 bits per heavy atom. The molecule has 0 bridgehead atoms. The molecular formula is C14H25NO2. The molecule has 3 heteroatoms. The van der Waals surface area contributed by atoms with Crippen molar-refractivity contribution in [1.82, 2.24) is 4.90 Å². The van der Waals surface area contributed by atoms with Crippen LogP contribution < -0.4 is 0 Å². The van der Waals surface area contributed by atoms with Crippen LogP contribution in [-0.2, 0) is 4.79 Å². The SMILES string of the molecule is CCC1CCCN1C1(C(=O)O)CCC(C)CC1. The summed E-state index contributed by atoms with van der Waals surface area (Å²) in [6, 6.07) is 0.500. The van der Waals surface area contributed by atoms with Gasteiger partial charge in [0.1, 0.15) is 5.54 Å². The molecule has 0 aromatic heterocycles. The van der Waals surface area contributed by atoms with Crippen LogP contribution in [0, 0.1) is 5.92 Å². The molecule has 2 rings (SSSR count). The van der Waals surface area contributed by atoms with Gasteiger partial charge in [-0.05, 0) is 57.4 Å². The Morgan fingerprint density at radius 1 is 1.35 bits per heavy atom. The molecule has 1 unspecified atom stereocenters. The van der Waals surface area contributed by atoms with Crippen LogP contribution in [0.2, 0.25) is 0 Å². The number of carbonyl (C=O) groups is 1. The summed E-state index contributed by atoms with van der Waals surface area (Å²) in [5, 5.41) is 9.71. The Balaban J connectivity index is 2.19. The van der Waals surface area contributed by atoms with Crippen LogP contribution in [0.25, 0.3) is 0 Å². The maximum atomic E-state index is 11.8. The van der Waals surface area contributed by atoms with E-state index in [1.54, 1.807) is 0 Å². The zero-order valence-electron chi connectivity index (χ0n) is 11.1. The summed E-state index contributed by atoms with van der Waals surface area (Å²) in [6.45, 7) is 5.41. The smallest absolute Gasteiger partial charge is 0.324 e. The Morgan fingerprint density at radius 2 is 2.00 bits per heavy atom. The molecule has 0 spiro atoms. The number of carboxylic acid groups (broad SMARTS) is 1. The lowest BCUT2D eigenvalue weighted by Crippen LogP contribution is -2.57. The first-order chi connectivity index (χ1) is 8.10. The summed E-state index contributed by atoms with van der Waals surface area (Å²) in [5.41, 5.74) is -0.538. The molecule has 2 fully saturated rings. The lowest BCUT2D eigenvalue weighted by atomic mass is 9.75. The average molecular weight is 239 g/mol. The molecule has 0 amide bonds. The quantitative estimate of drug-likeness (QED) is 0.823. The van der Waals surface area contributed by atoms with E-state index < -0.39 is 11.5 Å². The first-order valence-electron chi connectivity index (χ1n) is 7.10. The molecule has 3 nitrogen and oxygen atoms in total. The number of likely N-dealkylation sites (tertiary alicyclic amines) is 1. The van der Waals surface area contributed by atoms with Crippen molar-refractivity contribution >= 4 is 5.97 Å². The molecule has 1 N–H and O–H groups in total. The van der Waals surface area contributed by atoms with Crippen molar-refractivity contribution < 1.29 is 9.90 Å². The zero-order chi connectivity index (χ0) is 12.5. The normalized spacial score (nSPS) is 39.4. The minimum absolute atomic E-state index is 0.500. The highest BCUT2D eigenvalue weighted by Gasteiger charge is 2.49. The summed E-state index contributed by atoms with van der Waals surface area (Å²) in [5.74, 6) is 0.120. The van der Waals surface area contributed by atoms with Crippen molar-refractivity contribution in [2.45, 2.75) is 70.4 Å². The molecule has 0 aromatic carbocycles. The summed E-state index contributed by atoms with van der Waals surface area (Å²) in [7, 11) is 0. The number of hydrogen-bond acceptors (Lipinski definition) is 2. The van der Waals surface area contributed by atoms with Gasteiger partial charge in [-0.2, -0.15) is 0 Å². The van der Waals surface area contributed by atoms with Gasteiger partial charge < -0.3 is 5.11 Å². The van der Waals surface area contributed by atoms with E-state index in [1.165, 1.54) is 12.8 Å². The van der Waals surface area contributed by atoms with E-state index >= 15 is 0 Å². The molecule has 1 aliphatic carbocycles. The van der Waals surface area contributed by atoms with Gasteiger partial charge in [-0.3, -0.25) is 9.69 Å². The van der Waals surface area contributed by atoms with E-state index in [2.05, 4.69) is 18.7 Å². The number of hydrogen-bond donors (Lipinski definition) is 1. The lowest BCUT2D eigenvalue weighted by Gasteiger charge is -2.45. The van der Waals surface area contributed by atoms with Crippen molar-refractivity contribution in [2.24, 2.45) is 5.92 Å². The van der Waals surface area contributed by atoms with Gasteiger partial charge in [0, 0.05) is 6.04 Å². The molecule has 2 aliphatic rings. The third-order valence-corrected chi connectivity index (χ3v) is 4.90. The Kier molecular flexibility index (Phi) is 3.76. The van der Waals surface area contributed by atoms with Gasteiger partial charge in [-0.1, -0.05) is 13.8 Å². The fourth-order valence-electron chi connectivity index (χ4n) is 3.69. The van der Waals surface area contributed by atoms with E-state index in [4.69, 9.17) is 0 Å². The second-order valence-corrected chi connectivity index (χ2v) is 5.92. The molecule has 1 saturated heterocycles. The minimum Gasteiger partial charge on any atom is -0.480 e. The Hall–Kier alpha value is -0.570. The van der Waals surface area contributed by atoms with E-state index in [9.17, 15) is 9.90 Å². The molecule has 1 saturated carbocycles. The molecule has 0 radical (unpaired) electrons. The van der Waals surface area contributed by atoms with Gasteiger partial charge >= 0.3 is 5.97 Å². The Bertz CT molecular complexity index is 282. The molecule has 0 aromatic rings. The average Bonchev–Trinajstić information content (AvgIpc) is 2.78. The highest BCUT2D eigenvalue weighted by atomic mass is 16.4. The highest BCUT2D eigenvalue weighted by Crippen LogP contribution is 2.41. The second-order valence-electron chi connectivity index (χ2n) is 5.92. The maximum absolute atomic E-state index is 11.8. The van der Waals surface area contributed by atoms with Crippen LogP contribution in [0.3, 0.4) is 0 Å². The third-order valence-electron chi connectivity index (χ3n) is 4.90. The van der Waals surface area contributed by atoms with Crippen molar-refractivity contribution in [3.8, 4) is 0 Å². The van der Waals surface area contributed by atoms with Crippen LogP contribution in [0.15, 0.2) is 0 Å². The van der Waals surface area contributed by atoms with Gasteiger partial charge in [0.15, 0.2) is 0 Å². The predicted octanol–water partition coefficient (Wildman–Crippen LogP) is 2.89. The number of carboxylic acids is 1. The van der Waals surface area contributed by atoms with Crippen LogP contribution in [0.4, 0.5) is 0 Å². The summed E-state index contributed by atoms with van der Waals surface area (Å²) in [6.07, 6.45) is 7.27. The first kappa shape index (κ1) is 12.9. The lowest BCUT2D eigenvalue weighted by molar-refractivity contribution is -0.156. The molecule has 17 heavy (non-hydrogen) atoms. The van der Waals surface area contributed by atoms with E-state index in [0.717, 1.165) is 38.6 Å². The van der Waals surface area contributed by atoms with Crippen LogP contribution in [-0.4, -0.2) is 34.1 Å². The van der Waals surface area contributed by atoms with Gasteiger partial charge in [0.05, 0.1) is 0 Å². The monoisotopic (exact) mass is 239 g/mol. The van der Waals surface area contributed by atoms with E-state index in [-0.39, 0.29) is 0 Å². The van der Waals surface area contributed by atoms with E-state index in [0.29, 0.717) is 12.0 Å². The molecule has 1 atom stereocenters. The van der Waals surface area contributed by atoms with Gasteiger partial charge in [-0.25, -0.2) is 0 Å². The summed E-state index contributed by atoms with van der Waals surface area (Å²) in [4.78, 5) is 14.1. The summed E-state index contributed by atoms with van der Waals surface area (Å²) < 4.78 is 0. The molecular weight excluding hydrogens is 214 g/mol. The third kappa shape index (κ3) is 2.22. The second kappa shape index (κ2) is 4.97.